The average molecular weight is 749 g/mol. The van der Waals surface area contributed by atoms with Crippen LogP contribution in [0.3, 0.4) is 0 Å². The maximum atomic E-state index is 14.1. The predicted octanol–water partition coefficient (Wildman–Crippen LogP) is 6.81. The fourth-order valence-corrected chi connectivity index (χ4v) is 6.08. The van der Waals surface area contributed by atoms with E-state index < -0.39 is 42.8 Å². The average Bonchev–Trinajstić information content (AvgIpc) is 3.25. The van der Waals surface area contributed by atoms with Crippen molar-refractivity contribution in [1.29, 1.82) is 0 Å². The first-order valence-corrected chi connectivity index (χ1v) is 18.4. The molecule has 288 valence electrons. The number of aliphatic hydroxyl groups excluding tert-OH is 1. The fourth-order valence-electron chi connectivity index (χ4n) is 6.08. The molecule has 6 atom stereocenters. The molecule has 0 aromatic heterocycles. The third-order valence-corrected chi connectivity index (χ3v) is 9.10. The van der Waals surface area contributed by atoms with Crippen molar-refractivity contribution in [3.8, 4) is 5.75 Å². The normalized spacial score (nSPS) is 20.1. The Hall–Kier alpha value is -4.91. The highest BCUT2D eigenvalue weighted by atomic mass is 16.7. The van der Waals surface area contributed by atoms with Crippen molar-refractivity contribution in [1.82, 2.24) is 0 Å². The van der Waals surface area contributed by atoms with E-state index in [1.54, 1.807) is 7.11 Å². The van der Waals surface area contributed by atoms with Gasteiger partial charge in [0.2, 0.25) is 0 Å². The van der Waals surface area contributed by atoms with Crippen LogP contribution < -0.4 is 4.74 Å². The summed E-state index contributed by atoms with van der Waals surface area (Å²) in [5, 5.41) is 10.3. The molecule has 1 aliphatic rings. The summed E-state index contributed by atoms with van der Waals surface area (Å²) in [6.45, 7) is 0.436. The van der Waals surface area contributed by atoms with Crippen LogP contribution in [-0.2, 0) is 71.0 Å². The van der Waals surface area contributed by atoms with Crippen LogP contribution in [0.25, 0.3) is 0 Å². The number of carbonyl (C=O) groups excluding carboxylic acids is 1. The molecule has 10 heteroatoms. The van der Waals surface area contributed by atoms with E-state index in [0.717, 1.165) is 33.6 Å². The summed E-state index contributed by atoms with van der Waals surface area (Å²) in [6.07, 6.45) is -5.85. The predicted molar refractivity (Wildman–Crippen MR) is 205 cm³/mol. The molecule has 6 rings (SSSR count). The molecule has 55 heavy (non-hydrogen) atoms. The molecule has 1 N–H and O–H groups in total. The third kappa shape index (κ3) is 12.0. The number of carbonyl (C=O) groups is 1. The number of esters is 1. The lowest BCUT2D eigenvalue weighted by atomic mass is 9.97. The van der Waals surface area contributed by atoms with Crippen LogP contribution in [0.4, 0.5) is 0 Å². The number of hydrogen-bond donors (Lipinski definition) is 1. The van der Waals surface area contributed by atoms with E-state index >= 15 is 0 Å². The highest BCUT2D eigenvalue weighted by molar-refractivity contribution is 5.76. The molecule has 0 unspecified atom stereocenters. The van der Waals surface area contributed by atoms with Gasteiger partial charge in [-0.15, -0.1) is 0 Å². The molecular weight excluding hydrogens is 700 g/mol. The molecule has 1 heterocycles. The Morgan fingerprint density at radius 1 is 0.564 bits per heavy atom. The van der Waals surface area contributed by atoms with Gasteiger partial charge in [-0.05, 0) is 39.9 Å². The van der Waals surface area contributed by atoms with Crippen molar-refractivity contribution in [3.05, 3.63) is 173 Å². The fraction of sp³-hybridized carbons (Fsp3) is 0.311. The van der Waals surface area contributed by atoms with Crippen LogP contribution in [0, 0.1) is 0 Å². The van der Waals surface area contributed by atoms with Crippen LogP contribution in [0.1, 0.15) is 27.8 Å². The van der Waals surface area contributed by atoms with Gasteiger partial charge in [-0.1, -0.05) is 133 Å². The van der Waals surface area contributed by atoms with Gasteiger partial charge in [0.25, 0.3) is 0 Å². The van der Waals surface area contributed by atoms with E-state index in [1.807, 2.05) is 146 Å². The number of benzene rings is 5. The first kappa shape index (κ1) is 39.8. The number of methoxy groups -OCH3 is 1. The Labute approximate surface area is 322 Å². The SMILES string of the molecule is COc1ccc(CO[C@H](CO)CO[C@H]2O[C@H](C(=O)OCc3ccccc3)[C@@H](OCc3ccccc3)[C@H](OCc3ccccc3)[C@H]2OCc2ccccc2)cc1. The van der Waals surface area contributed by atoms with Gasteiger partial charge in [0.15, 0.2) is 12.4 Å². The van der Waals surface area contributed by atoms with E-state index in [-0.39, 0.29) is 46.2 Å². The minimum atomic E-state index is -1.26. The molecule has 0 radical (unpaired) electrons. The zero-order valence-electron chi connectivity index (χ0n) is 30.9. The smallest absolute Gasteiger partial charge is 0.338 e. The third-order valence-electron chi connectivity index (χ3n) is 9.10. The van der Waals surface area contributed by atoms with Crippen LogP contribution in [0.5, 0.6) is 5.75 Å². The van der Waals surface area contributed by atoms with Gasteiger partial charge in [0.05, 0.1) is 46.8 Å². The van der Waals surface area contributed by atoms with E-state index in [2.05, 4.69) is 0 Å². The van der Waals surface area contributed by atoms with Crippen molar-refractivity contribution >= 4 is 5.97 Å². The van der Waals surface area contributed by atoms with Gasteiger partial charge in [0, 0.05) is 0 Å². The molecule has 0 bridgehead atoms. The van der Waals surface area contributed by atoms with E-state index in [4.69, 9.17) is 37.9 Å². The first-order valence-electron chi connectivity index (χ1n) is 18.4. The number of rotatable bonds is 20. The molecule has 0 aliphatic carbocycles. The van der Waals surface area contributed by atoms with Crippen molar-refractivity contribution in [3.63, 3.8) is 0 Å². The van der Waals surface area contributed by atoms with Crippen LogP contribution in [-0.4, -0.2) is 68.2 Å². The molecule has 1 fully saturated rings. The minimum absolute atomic E-state index is 0.0335. The minimum Gasteiger partial charge on any atom is -0.497 e. The molecule has 5 aromatic carbocycles. The highest BCUT2D eigenvalue weighted by Crippen LogP contribution is 2.32. The number of aliphatic hydroxyl groups is 1. The summed E-state index contributed by atoms with van der Waals surface area (Å²) >= 11 is 0. The Morgan fingerprint density at radius 2 is 1.02 bits per heavy atom. The summed E-state index contributed by atoms with van der Waals surface area (Å²) in [5.41, 5.74) is 4.46. The quantitative estimate of drug-likeness (QED) is 0.0853. The van der Waals surface area contributed by atoms with E-state index in [0.29, 0.717) is 0 Å². The lowest BCUT2D eigenvalue weighted by Gasteiger charge is -2.45. The van der Waals surface area contributed by atoms with Gasteiger partial charge in [-0.25, -0.2) is 4.79 Å². The molecule has 0 saturated carbocycles. The topological polar surface area (TPSA) is 111 Å². The van der Waals surface area contributed by atoms with Gasteiger partial charge in [-0.3, -0.25) is 0 Å². The summed E-state index contributed by atoms with van der Waals surface area (Å²) in [6, 6.07) is 46.0. The molecule has 1 aliphatic heterocycles. The maximum Gasteiger partial charge on any atom is 0.338 e. The van der Waals surface area contributed by atoms with E-state index in [9.17, 15) is 9.90 Å². The van der Waals surface area contributed by atoms with Crippen molar-refractivity contribution < 1.29 is 47.8 Å². The Balaban J connectivity index is 1.28. The van der Waals surface area contributed by atoms with Gasteiger partial charge in [0.1, 0.15) is 36.8 Å². The largest absolute Gasteiger partial charge is 0.497 e. The van der Waals surface area contributed by atoms with Gasteiger partial charge >= 0.3 is 5.97 Å². The zero-order valence-corrected chi connectivity index (χ0v) is 30.9. The van der Waals surface area contributed by atoms with Gasteiger partial charge < -0.3 is 43.0 Å². The molecule has 0 spiro atoms. The molecule has 10 nitrogen and oxygen atoms in total. The summed E-state index contributed by atoms with van der Waals surface area (Å²) in [7, 11) is 1.61. The number of hydrogen-bond acceptors (Lipinski definition) is 10. The lowest BCUT2D eigenvalue weighted by molar-refractivity contribution is -0.324. The Morgan fingerprint density at radius 3 is 1.51 bits per heavy atom. The summed E-state index contributed by atoms with van der Waals surface area (Å²) < 4.78 is 50.0. The van der Waals surface area contributed by atoms with Crippen molar-refractivity contribution in [2.75, 3.05) is 20.3 Å². The van der Waals surface area contributed by atoms with Crippen molar-refractivity contribution in [2.45, 2.75) is 69.8 Å². The van der Waals surface area contributed by atoms with Gasteiger partial charge in [-0.2, -0.15) is 0 Å². The monoisotopic (exact) mass is 748 g/mol. The molecule has 5 aromatic rings. The highest BCUT2D eigenvalue weighted by Gasteiger charge is 2.52. The van der Waals surface area contributed by atoms with E-state index in [1.165, 1.54) is 0 Å². The summed E-state index contributed by atoms with van der Waals surface area (Å²) in [4.78, 5) is 14.1. The second-order valence-electron chi connectivity index (χ2n) is 13.1. The first-order chi connectivity index (χ1) is 27.1. The maximum absolute atomic E-state index is 14.1. The molecule has 0 amide bonds. The van der Waals surface area contributed by atoms with Crippen LogP contribution in [0.2, 0.25) is 0 Å². The molecule has 1 saturated heterocycles. The summed E-state index contributed by atoms with van der Waals surface area (Å²) in [5.74, 6) is 0.0912. The zero-order chi connectivity index (χ0) is 38.1. The second-order valence-corrected chi connectivity index (χ2v) is 13.1. The van der Waals surface area contributed by atoms with Crippen molar-refractivity contribution in [2.24, 2.45) is 0 Å². The Bertz CT molecular complexity index is 1810. The second kappa shape index (κ2) is 21.3. The molecular formula is C45H48O10. The van der Waals surface area contributed by atoms with Crippen LogP contribution >= 0.6 is 0 Å². The van der Waals surface area contributed by atoms with Crippen LogP contribution in [0.15, 0.2) is 146 Å². The number of ether oxygens (including phenoxy) is 8. The lowest BCUT2D eigenvalue weighted by Crippen LogP contribution is -2.63. The Kier molecular flexibility index (Phi) is 15.4. The standard InChI is InChI=1S/C45H48O10/c1-48-38-24-22-37(23-25-38)27-49-39(26-46)32-54-45-43(52-30-35-18-10-4-11-19-35)41(51-29-34-16-8-3-9-17-34)40(50-28-33-14-6-2-7-15-33)42(55-45)44(47)53-31-36-20-12-5-13-21-36/h2-25,39-43,45-46H,26-32H2,1H3/t39-,40+,41+,42+,43-,45+/m1/s1.